The average Bonchev–Trinajstić information content (AvgIpc) is 3.66. The summed E-state index contributed by atoms with van der Waals surface area (Å²) < 4.78 is 12.5. The van der Waals surface area contributed by atoms with Crippen LogP contribution in [-0.4, -0.2) is 61.9 Å². The van der Waals surface area contributed by atoms with Gasteiger partial charge in [-0.1, -0.05) is 98.0 Å². The summed E-state index contributed by atoms with van der Waals surface area (Å²) in [6.45, 7) is 7.56. The van der Waals surface area contributed by atoms with Crippen molar-refractivity contribution in [3.05, 3.63) is 131 Å². The van der Waals surface area contributed by atoms with Crippen LogP contribution in [0.5, 0.6) is 5.75 Å². The van der Waals surface area contributed by atoms with Crippen LogP contribution < -0.4 is 14.8 Å². The SMILES string of the molecule is COc1ccc([Si](C)(C)[C@H]2[C@H](C)[C@H](CCc3cccc(N4C(=O)c5cccc6cccc4c56)c3)O[C@@H]2CC(=O)N2Cc3ccccc3C[C@H]2CO)cc1. The second kappa shape index (κ2) is 14.2. The standard InChI is InChI=1S/C45H48N2O5Si/c1-29-40(23-18-30-10-7-15-34(24-30)47-39-17-9-14-31-13-8-16-38(43(31)39)45(47)50)52-41(44(29)53(3,4)37-21-19-36(51-2)20-22-37)26-42(49)46-27-33-12-6-5-11-32(33)25-35(46)28-48/h5-17,19-22,24,29,35,40-41,44,48H,18,23,25-28H2,1-4H3/t29-,35+,40+,41-,44+/m1/s1. The van der Waals surface area contributed by atoms with Crippen molar-refractivity contribution in [3.63, 3.8) is 0 Å². The molecule has 272 valence electrons. The van der Waals surface area contributed by atoms with Crippen LogP contribution in [-0.2, 0) is 28.9 Å². The number of methoxy groups -OCH3 is 1. The van der Waals surface area contributed by atoms with Crippen molar-refractivity contribution in [2.75, 3.05) is 18.6 Å². The molecule has 0 unspecified atom stereocenters. The van der Waals surface area contributed by atoms with E-state index in [1.54, 1.807) is 7.11 Å². The fraction of sp³-hybridized carbons (Fsp3) is 0.333. The Balaban J connectivity index is 1.04. The lowest BCUT2D eigenvalue weighted by Crippen LogP contribution is -2.52. The van der Waals surface area contributed by atoms with Gasteiger partial charge in [-0.25, -0.2) is 0 Å². The second-order valence-corrected chi connectivity index (χ2v) is 20.3. The summed E-state index contributed by atoms with van der Waals surface area (Å²) in [5.41, 5.74) is 6.23. The number of anilines is 2. The van der Waals surface area contributed by atoms with Gasteiger partial charge in [-0.05, 0) is 89.2 Å². The van der Waals surface area contributed by atoms with Gasteiger partial charge in [0.05, 0.1) is 57.7 Å². The summed E-state index contributed by atoms with van der Waals surface area (Å²) in [5.74, 6) is 1.10. The first kappa shape index (κ1) is 35.3. The summed E-state index contributed by atoms with van der Waals surface area (Å²) >= 11 is 0. The third-order valence-electron chi connectivity index (χ3n) is 12.3. The molecule has 1 N–H and O–H groups in total. The highest BCUT2D eigenvalue weighted by molar-refractivity contribution is 6.91. The number of fused-ring (bicyclic) bond motifs is 1. The van der Waals surface area contributed by atoms with Crippen molar-refractivity contribution < 1.29 is 24.2 Å². The molecule has 3 aliphatic rings. The summed E-state index contributed by atoms with van der Waals surface area (Å²) in [4.78, 5) is 31.7. The Morgan fingerprint density at radius 1 is 0.906 bits per heavy atom. The Labute approximate surface area is 313 Å². The molecule has 53 heavy (non-hydrogen) atoms. The van der Waals surface area contributed by atoms with Crippen molar-refractivity contribution in [2.24, 2.45) is 5.92 Å². The molecule has 2 amide bonds. The first-order chi connectivity index (χ1) is 25.7. The van der Waals surface area contributed by atoms with Crippen molar-refractivity contribution in [1.29, 1.82) is 0 Å². The average molecular weight is 725 g/mol. The number of amides is 2. The highest BCUT2D eigenvalue weighted by Gasteiger charge is 2.51. The molecule has 1 fully saturated rings. The number of carbonyl (C=O) groups is 2. The van der Waals surface area contributed by atoms with Crippen LogP contribution >= 0.6 is 0 Å². The van der Waals surface area contributed by atoms with E-state index < -0.39 is 8.07 Å². The predicted octanol–water partition coefficient (Wildman–Crippen LogP) is 7.80. The van der Waals surface area contributed by atoms with Gasteiger partial charge in [-0.3, -0.25) is 14.5 Å². The van der Waals surface area contributed by atoms with Gasteiger partial charge in [0, 0.05) is 17.6 Å². The van der Waals surface area contributed by atoms with Gasteiger partial charge in [-0.15, -0.1) is 0 Å². The molecule has 8 heteroatoms. The van der Waals surface area contributed by atoms with Crippen LogP contribution in [0.15, 0.2) is 109 Å². The largest absolute Gasteiger partial charge is 0.497 e. The van der Waals surface area contributed by atoms with Crippen LogP contribution in [0.25, 0.3) is 10.8 Å². The molecular formula is C45H48N2O5Si. The lowest BCUT2D eigenvalue weighted by Gasteiger charge is -2.39. The Morgan fingerprint density at radius 2 is 1.64 bits per heavy atom. The third kappa shape index (κ3) is 6.36. The second-order valence-electron chi connectivity index (χ2n) is 15.6. The van der Waals surface area contributed by atoms with E-state index in [0.29, 0.717) is 13.0 Å². The van der Waals surface area contributed by atoms with Gasteiger partial charge in [0.2, 0.25) is 5.91 Å². The summed E-state index contributed by atoms with van der Waals surface area (Å²) in [7, 11) is -0.503. The molecule has 5 aromatic rings. The maximum absolute atomic E-state index is 14.3. The zero-order chi connectivity index (χ0) is 36.9. The topological polar surface area (TPSA) is 79.3 Å². The fourth-order valence-electron chi connectivity index (χ4n) is 9.51. The molecule has 8 rings (SSSR count). The third-order valence-corrected chi connectivity index (χ3v) is 16.7. The number of carbonyl (C=O) groups excluding carboxylic acids is 2. The van der Waals surface area contributed by atoms with E-state index in [0.717, 1.165) is 57.4 Å². The number of aryl methyl sites for hydroxylation is 1. The lowest BCUT2D eigenvalue weighted by atomic mass is 9.93. The van der Waals surface area contributed by atoms with Gasteiger partial charge in [0.15, 0.2) is 0 Å². The first-order valence-electron chi connectivity index (χ1n) is 18.9. The summed E-state index contributed by atoms with van der Waals surface area (Å²) in [5, 5.41) is 13.8. The van der Waals surface area contributed by atoms with E-state index in [2.05, 4.69) is 68.5 Å². The van der Waals surface area contributed by atoms with Crippen LogP contribution in [0.1, 0.15) is 46.8 Å². The fourth-order valence-corrected chi connectivity index (χ4v) is 13.6. The molecule has 0 bridgehead atoms. The molecule has 5 atom stereocenters. The van der Waals surface area contributed by atoms with Crippen LogP contribution in [0.4, 0.5) is 11.4 Å². The van der Waals surface area contributed by atoms with Gasteiger partial charge in [0.1, 0.15) is 5.75 Å². The summed E-state index contributed by atoms with van der Waals surface area (Å²) in [6, 6.07) is 36.8. The van der Waals surface area contributed by atoms with Gasteiger partial charge in [0.25, 0.3) is 5.91 Å². The first-order valence-corrected chi connectivity index (χ1v) is 22.0. The number of benzene rings is 5. The lowest BCUT2D eigenvalue weighted by molar-refractivity contribution is -0.138. The van der Waals surface area contributed by atoms with Crippen molar-refractivity contribution in [1.82, 2.24) is 4.90 Å². The van der Waals surface area contributed by atoms with Gasteiger partial charge < -0.3 is 19.5 Å². The Morgan fingerprint density at radius 3 is 2.40 bits per heavy atom. The van der Waals surface area contributed by atoms with E-state index >= 15 is 0 Å². The van der Waals surface area contributed by atoms with Gasteiger partial charge in [-0.2, -0.15) is 0 Å². The Bertz CT molecular complexity index is 2160. The van der Waals surface area contributed by atoms with E-state index in [1.807, 2.05) is 70.5 Å². The smallest absolute Gasteiger partial charge is 0.263 e. The number of hydrogen-bond acceptors (Lipinski definition) is 5. The number of hydrogen-bond donors (Lipinski definition) is 1. The molecule has 3 heterocycles. The van der Waals surface area contributed by atoms with Crippen LogP contribution in [0.3, 0.4) is 0 Å². The minimum Gasteiger partial charge on any atom is -0.497 e. The molecule has 0 radical (unpaired) electrons. The van der Waals surface area contributed by atoms with Crippen molar-refractivity contribution in [2.45, 2.75) is 76.0 Å². The van der Waals surface area contributed by atoms with E-state index in [4.69, 9.17) is 9.47 Å². The Kier molecular flexibility index (Phi) is 9.47. The van der Waals surface area contributed by atoms with Crippen LogP contribution in [0.2, 0.25) is 18.6 Å². The minimum absolute atomic E-state index is 0.00315. The summed E-state index contributed by atoms with van der Waals surface area (Å²) in [6.07, 6.45) is 2.26. The molecule has 7 nitrogen and oxygen atoms in total. The Hall–Kier alpha value is -4.76. The zero-order valence-electron chi connectivity index (χ0n) is 31.0. The van der Waals surface area contributed by atoms with Crippen molar-refractivity contribution >= 4 is 47.2 Å². The van der Waals surface area contributed by atoms with Crippen LogP contribution in [0, 0.1) is 5.92 Å². The molecule has 0 aliphatic carbocycles. The normalized spacial score (nSPS) is 22.4. The molecule has 0 spiro atoms. The maximum Gasteiger partial charge on any atom is 0.263 e. The van der Waals surface area contributed by atoms with E-state index in [9.17, 15) is 14.7 Å². The quantitative estimate of drug-likeness (QED) is 0.149. The maximum atomic E-state index is 14.3. The van der Waals surface area contributed by atoms with E-state index in [1.165, 1.54) is 10.8 Å². The van der Waals surface area contributed by atoms with Gasteiger partial charge >= 0.3 is 0 Å². The monoisotopic (exact) mass is 724 g/mol. The predicted molar refractivity (Wildman–Crippen MR) is 213 cm³/mol. The number of aliphatic hydroxyl groups excluding tert-OH is 1. The van der Waals surface area contributed by atoms with E-state index in [-0.39, 0.29) is 54.6 Å². The molecule has 0 aromatic heterocycles. The number of nitrogens with zero attached hydrogens (tertiary/aromatic N) is 2. The molecule has 1 saturated heterocycles. The zero-order valence-corrected chi connectivity index (χ0v) is 32.0. The minimum atomic E-state index is -2.19. The number of aliphatic hydroxyl groups is 1. The number of rotatable bonds is 10. The van der Waals surface area contributed by atoms with Crippen molar-refractivity contribution in [3.8, 4) is 5.75 Å². The molecule has 3 aliphatic heterocycles. The highest BCUT2D eigenvalue weighted by Crippen LogP contribution is 2.47. The molecule has 0 saturated carbocycles. The highest BCUT2D eigenvalue weighted by atomic mass is 28.3. The number of ether oxygens (including phenoxy) is 2. The molecular weight excluding hydrogens is 677 g/mol. The molecule has 5 aromatic carbocycles.